The first-order valence-corrected chi connectivity index (χ1v) is 8.79. The van der Waals surface area contributed by atoms with Crippen LogP contribution in [0.4, 0.5) is 0 Å². The Morgan fingerprint density at radius 3 is 2.62 bits per heavy atom. The lowest BCUT2D eigenvalue weighted by molar-refractivity contribution is 0.0517. The summed E-state index contributed by atoms with van der Waals surface area (Å²) in [5.74, 6) is 2.59. The van der Waals surface area contributed by atoms with Crippen LogP contribution in [0, 0.1) is 31.6 Å². The zero-order valence-electron chi connectivity index (χ0n) is 14.4. The molecule has 21 heavy (non-hydrogen) atoms. The fourth-order valence-electron chi connectivity index (χ4n) is 4.47. The Labute approximate surface area is 130 Å². The summed E-state index contributed by atoms with van der Waals surface area (Å²) < 4.78 is 0. The highest BCUT2D eigenvalue weighted by Crippen LogP contribution is 2.43. The third kappa shape index (κ3) is 2.90. The predicted molar refractivity (Wildman–Crippen MR) is 90.7 cm³/mol. The number of aryl methyl sites for hydroxylation is 2. The Morgan fingerprint density at radius 1 is 1.19 bits per heavy atom. The molecule has 2 aliphatic heterocycles. The minimum absolute atomic E-state index is 0.687. The van der Waals surface area contributed by atoms with Crippen molar-refractivity contribution in [1.29, 1.82) is 0 Å². The molecule has 2 aliphatic rings. The van der Waals surface area contributed by atoms with Crippen LogP contribution in [0.1, 0.15) is 61.9 Å². The molecule has 1 fully saturated rings. The molecular formula is C20H31N. The number of piperidine rings is 1. The van der Waals surface area contributed by atoms with E-state index in [9.17, 15) is 0 Å². The van der Waals surface area contributed by atoms with E-state index >= 15 is 0 Å². The van der Waals surface area contributed by atoms with E-state index in [1.807, 2.05) is 0 Å². The molecule has 0 aliphatic carbocycles. The summed E-state index contributed by atoms with van der Waals surface area (Å²) in [6.45, 7) is 14.3. The van der Waals surface area contributed by atoms with E-state index in [1.54, 1.807) is 11.1 Å². The van der Waals surface area contributed by atoms with Gasteiger partial charge in [-0.05, 0) is 73.1 Å². The van der Waals surface area contributed by atoms with Crippen molar-refractivity contribution in [3.05, 3.63) is 34.4 Å². The van der Waals surface area contributed by atoms with Crippen molar-refractivity contribution in [3.8, 4) is 0 Å². The van der Waals surface area contributed by atoms with Crippen LogP contribution >= 0.6 is 0 Å². The maximum atomic E-state index is 2.78. The Morgan fingerprint density at radius 2 is 1.90 bits per heavy atom. The monoisotopic (exact) mass is 285 g/mol. The maximum absolute atomic E-state index is 2.78. The molecule has 1 nitrogen and oxygen atoms in total. The third-order valence-corrected chi connectivity index (χ3v) is 5.87. The van der Waals surface area contributed by atoms with E-state index in [4.69, 9.17) is 0 Å². The highest BCUT2D eigenvalue weighted by molar-refractivity contribution is 5.40. The largest absolute Gasteiger partial charge is 0.296 e. The second-order valence-corrected chi connectivity index (χ2v) is 8.00. The van der Waals surface area contributed by atoms with Crippen molar-refractivity contribution in [1.82, 2.24) is 4.90 Å². The summed E-state index contributed by atoms with van der Waals surface area (Å²) in [6.07, 6.45) is 3.99. The summed E-state index contributed by atoms with van der Waals surface area (Å²) in [6, 6.07) is 5.62. The zero-order valence-corrected chi connectivity index (χ0v) is 14.4. The molecular weight excluding hydrogens is 254 g/mol. The van der Waals surface area contributed by atoms with E-state index in [1.165, 1.54) is 43.5 Å². The average molecular weight is 285 g/mol. The first kappa shape index (κ1) is 15.1. The van der Waals surface area contributed by atoms with Crippen molar-refractivity contribution in [3.63, 3.8) is 0 Å². The zero-order chi connectivity index (χ0) is 15.1. The molecule has 116 valence electrons. The molecule has 0 amide bonds. The summed E-state index contributed by atoms with van der Waals surface area (Å²) in [5, 5.41) is 0. The van der Waals surface area contributed by atoms with Crippen molar-refractivity contribution >= 4 is 0 Å². The highest BCUT2D eigenvalue weighted by atomic mass is 15.2. The number of hydrogen-bond acceptors (Lipinski definition) is 1. The lowest BCUT2D eigenvalue weighted by atomic mass is 9.74. The third-order valence-electron chi connectivity index (χ3n) is 5.87. The van der Waals surface area contributed by atoms with Crippen LogP contribution < -0.4 is 0 Å². The molecule has 0 aromatic heterocycles. The molecule has 0 N–H and O–H groups in total. The van der Waals surface area contributed by atoms with Gasteiger partial charge in [-0.25, -0.2) is 0 Å². The molecule has 1 aromatic carbocycles. The first-order chi connectivity index (χ1) is 9.95. The van der Waals surface area contributed by atoms with E-state index in [0.717, 1.165) is 17.8 Å². The summed E-state index contributed by atoms with van der Waals surface area (Å²) >= 11 is 0. The van der Waals surface area contributed by atoms with Crippen LogP contribution in [0.25, 0.3) is 0 Å². The molecule has 0 spiro atoms. The Bertz CT molecular complexity index is 517. The van der Waals surface area contributed by atoms with Gasteiger partial charge in [0.05, 0.1) is 0 Å². The van der Waals surface area contributed by atoms with Gasteiger partial charge < -0.3 is 0 Å². The van der Waals surface area contributed by atoms with Gasteiger partial charge in [0, 0.05) is 19.1 Å². The van der Waals surface area contributed by atoms with Gasteiger partial charge in [0.2, 0.25) is 0 Å². The fourth-order valence-corrected chi connectivity index (χ4v) is 4.47. The molecule has 2 heterocycles. The molecule has 1 aromatic rings. The van der Waals surface area contributed by atoms with Gasteiger partial charge in [-0.2, -0.15) is 0 Å². The minimum Gasteiger partial charge on any atom is -0.296 e. The van der Waals surface area contributed by atoms with Gasteiger partial charge in [0.15, 0.2) is 0 Å². The lowest BCUT2D eigenvalue weighted by Crippen LogP contribution is -2.45. The van der Waals surface area contributed by atoms with E-state index < -0.39 is 0 Å². The Hall–Kier alpha value is -0.820. The van der Waals surface area contributed by atoms with Gasteiger partial charge in [0.25, 0.3) is 0 Å². The quantitative estimate of drug-likeness (QED) is 0.746. The second kappa shape index (κ2) is 5.76. The number of hydrogen-bond donors (Lipinski definition) is 0. The van der Waals surface area contributed by atoms with Crippen LogP contribution in [-0.4, -0.2) is 18.0 Å². The maximum Gasteiger partial charge on any atom is 0.0353 e. The molecule has 0 saturated carbocycles. The van der Waals surface area contributed by atoms with Gasteiger partial charge in [-0.1, -0.05) is 32.9 Å². The smallest absolute Gasteiger partial charge is 0.0353 e. The number of nitrogens with zero attached hydrogens (tertiary/aromatic N) is 1. The minimum atomic E-state index is 0.687. The standard InChI is InChI=1S/C20H31N/c1-13(2)8-18-12-21-7-6-17-9-14(3)15(4)10-19(17)20(21)11-16(18)5/h9-10,13,16,18,20H,6-8,11-12H2,1-5H3/t16?,18-,20?/m0/s1. The van der Waals surface area contributed by atoms with Crippen LogP contribution in [0.2, 0.25) is 0 Å². The van der Waals surface area contributed by atoms with E-state index in [0.29, 0.717) is 6.04 Å². The Balaban J connectivity index is 1.85. The summed E-state index contributed by atoms with van der Waals surface area (Å²) in [4.78, 5) is 2.78. The molecule has 1 saturated heterocycles. The first-order valence-electron chi connectivity index (χ1n) is 8.79. The van der Waals surface area contributed by atoms with Crippen LogP contribution in [-0.2, 0) is 6.42 Å². The molecule has 3 atom stereocenters. The van der Waals surface area contributed by atoms with Gasteiger partial charge in [0.1, 0.15) is 0 Å². The molecule has 0 bridgehead atoms. The Kier molecular flexibility index (Phi) is 4.14. The van der Waals surface area contributed by atoms with Gasteiger partial charge in [-0.15, -0.1) is 0 Å². The lowest BCUT2D eigenvalue weighted by Gasteiger charge is -2.47. The normalized spacial score (nSPS) is 29.3. The van der Waals surface area contributed by atoms with Crippen molar-refractivity contribution in [2.45, 2.75) is 59.9 Å². The van der Waals surface area contributed by atoms with Gasteiger partial charge in [-0.3, -0.25) is 4.90 Å². The fraction of sp³-hybridized carbons (Fsp3) is 0.700. The number of rotatable bonds is 2. The van der Waals surface area contributed by atoms with E-state index in [2.05, 4.69) is 51.7 Å². The molecule has 3 rings (SSSR count). The molecule has 0 radical (unpaired) electrons. The van der Waals surface area contributed by atoms with E-state index in [-0.39, 0.29) is 0 Å². The predicted octanol–water partition coefficient (Wildman–Crippen LogP) is 4.90. The molecule has 2 unspecified atom stereocenters. The van der Waals surface area contributed by atoms with Gasteiger partial charge >= 0.3 is 0 Å². The number of benzene rings is 1. The van der Waals surface area contributed by atoms with Crippen molar-refractivity contribution < 1.29 is 0 Å². The SMILES string of the molecule is Cc1cc2c(cc1C)C1CC(C)[C@@H](CC(C)C)CN1CC2. The van der Waals surface area contributed by atoms with Crippen LogP contribution in [0.15, 0.2) is 12.1 Å². The summed E-state index contributed by atoms with van der Waals surface area (Å²) in [5.41, 5.74) is 6.18. The average Bonchev–Trinajstić information content (AvgIpc) is 2.41. The second-order valence-electron chi connectivity index (χ2n) is 8.00. The number of fused-ring (bicyclic) bond motifs is 3. The molecule has 1 heteroatoms. The highest BCUT2D eigenvalue weighted by Gasteiger charge is 2.37. The van der Waals surface area contributed by atoms with Crippen molar-refractivity contribution in [2.24, 2.45) is 17.8 Å². The summed E-state index contributed by atoms with van der Waals surface area (Å²) in [7, 11) is 0. The van der Waals surface area contributed by atoms with Crippen LogP contribution in [0.3, 0.4) is 0 Å². The topological polar surface area (TPSA) is 3.24 Å². The van der Waals surface area contributed by atoms with Crippen molar-refractivity contribution in [2.75, 3.05) is 13.1 Å². The van der Waals surface area contributed by atoms with Crippen LogP contribution in [0.5, 0.6) is 0 Å².